The molecule has 0 atom stereocenters. The van der Waals surface area contributed by atoms with Crippen molar-refractivity contribution in [1.29, 1.82) is 0 Å². The first-order valence-corrected chi connectivity index (χ1v) is 5.94. The molecule has 3 N–H and O–H groups in total. The molecule has 0 saturated heterocycles. The summed E-state index contributed by atoms with van der Waals surface area (Å²) in [5.74, 6) is 0.811. The summed E-state index contributed by atoms with van der Waals surface area (Å²) in [6.07, 6.45) is 1.22. The predicted octanol–water partition coefficient (Wildman–Crippen LogP) is 1.09. The van der Waals surface area contributed by atoms with E-state index in [0.29, 0.717) is 26.1 Å². The van der Waals surface area contributed by atoms with Crippen LogP contribution in [0.2, 0.25) is 0 Å². The minimum atomic E-state index is 0.0191. The molecule has 0 bridgehead atoms. The number of carbonyl (C=O) groups excluding carboxylic acids is 1. The second-order valence-corrected chi connectivity index (χ2v) is 3.74. The summed E-state index contributed by atoms with van der Waals surface area (Å²) in [4.78, 5) is 11.2. The third kappa shape index (κ3) is 5.36. The molecule has 4 nitrogen and oxygen atoms in total. The molecule has 94 valence electrons. The van der Waals surface area contributed by atoms with E-state index in [1.165, 1.54) is 0 Å². The van der Waals surface area contributed by atoms with Gasteiger partial charge in [0, 0.05) is 6.54 Å². The average Bonchev–Trinajstić information content (AvgIpc) is 2.30. The van der Waals surface area contributed by atoms with Crippen LogP contribution in [-0.4, -0.2) is 25.6 Å². The van der Waals surface area contributed by atoms with E-state index in [-0.39, 0.29) is 5.91 Å². The highest BCUT2D eigenvalue weighted by atomic mass is 16.5. The third-order valence-corrected chi connectivity index (χ3v) is 2.30. The Bertz CT molecular complexity index is 353. The maximum Gasteiger partial charge on any atom is 0.223 e. The van der Waals surface area contributed by atoms with Crippen molar-refractivity contribution in [3.63, 3.8) is 0 Å². The maximum absolute atomic E-state index is 11.2. The molecule has 0 aliphatic heterocycles. The largest absolute Gasteiger partial charge is 0.493 e. The summed E-state index contributed by atoms with van der Waals surface area (Å²) in [6, 6.07) is 7.80. The summed E-state index contributed by atoms with van der Waals surface area (Å²) >= 11 is 0. The number of nitrogens with one attached hydrogen (secondary N) is 1. The van der Waals surface area contributed by atoms with Crippen molar-refractivity contribution in [2.45, 2.75) is 19.8 Å². The van der Waals surface area contributed by atoms with Crippen LogP contribution in [0.25, 0.3) is 0 Å². The first kappa shape index (κ1) is 13.5. The van der Waals surface area contributed by atoms with Gasteiger partial charge in [-0.15, -0.1) is 0 Å². The van der Waals surface area contributed by atoms with Crippen LogP contribution in [0, 0.1) is 0 Å². The molecule has 0 heterocycles. The number of benzene rings is 1. The quantitative estimate of drug-likeness (QED) is 0.745. The highest BCUT2D eigenvalue weighted by Crippen LogP contribution is 2.13. The molecule has 17 heavy (non-hydrogen) atoms. The Balaban J connectivity index is 2.35. The molecule has 1 rings (SSSR count). The lowest BCUT2D eigenvalue weighted by Crippen LogP contribution is -2.24. The zero-order valence-electron chi connectivity index (χ0n) is 10.2. The van der Waals surface area contributed by atoms with Crippen molar-refractivity contribution in [2.24, 2.45) is 5.73 Å². The van der Waals surface area contributed by atoms with Gasteiger partial charge in [0.25, 0.3) is 0 Å². The van der Waals surface area contributed by atoms with Gasteiger partial charge in [-0.25, -0.2) is 0 Å². The van der Waals surface area contributed by atoms with Gasteiger partial charge in [-0.3, -0.25) is 4.79 Å². The Morgan fingerprint density at radius 2 is 2.29 bits per heavy atom. The number of carbonyl (C=O) groups is 1. The van der Waals surface area contributed by atoms with Crippen molar-refractivity contribution in [3.05, 3.63) is 29.8 Å². The molecule has 1 aromatic carbocycles. The zero-order chi connectivity index (χ0) is 12.5. The summed E-state index contributed by atoms with van der Waals surface area (Å²) in [5, 5.41) is 2.73. The molecule has 1 aromatic rings. The second kappa shape index (κ2) is 7.68. The van der Waals surface area contributed by atoms with Gasteiger partial charge in [0.1, 0.15) is 5.75 Å². The summed E-state index contributed by atoms with van der Waals surface area (Å²) < 4.78 is 5.51. The SMILES string of the molecule is CCNC(=O)CCOc1cccc(CCN)c1. The molecular weight excluding hydrogens is 216 g/mol. The van der Waals surface area contributed by atoms with E-state index in [1.807, 2.05) is 31.2 Å². The molecule has 0 aliphatic rings. The molecule has 0 saturated carbocycles. The highest BCUT2D eigenvalue weighted by Gasteiger charge is 2.00. The van der Waals surface area contributed by atoms with Gasteiger partial charge in [-0.1, -0.05) is 12.1 Å². The van der Waals surface area contributed by atoms with Crippen molar-refractivity contribution in [1.82, 2.24) is 5.32 Å². The number of nitrogens with two attached hydrogens (primary N) is 1. The number of amides is 1. The van der Waals surface area contributed by atoms with Crippen molar-refractivity contribution < 1.29 is 9.53 Å². The molecule has 0 unspecified atom stereocenters. The van der Waals surface area contributed by atoms with E-state index in [2.05, 4.69) is 5.32 Å². The molecule has 4 heteroatoms. The fourth-order valence-corrected chi connectivity index (χ4v) is 1.50. The van der Waals surface area contributed by atoms with Gasteiger partial charge < -0.3 is 15.8 Å². The molecular formula is C13H20N2O2. The van der Waals surface area contributed by atoms with Gasteiger partial charge in [-0.2, -0.15) is 0 Å². The lowest BCUT2D eigenvalue weighted by molar-refractivity contribution is -0.121. The summed E-state index contributed by atoms with van der Waals surface area (Å²) in [5.41, 5.74) is 6.65. The van der Waals surface area contributed by atoms with Gasteiger partial charge in [0.05, 0.1) is 13.0 Å². The fourth-order valence-electron chi connectivity index (χ4n) is 1.50. The van der Waals surface area contributed by atoms with Gasteiger partial charge in [-0.05, 0) is 37.6 Å². The van der Waals surface area contributed by atoms with Crippen molar-refractivity contribution in [2.75, 3.05) is 19.7 Å². The smallest absolute Gasteiger partial charge is 0.223 e. The van der Waals surface area contributed by atoms with Crippen molar-refractivity contribution in [3.8, 4) is 5.75 Å². The molecule has 0 aliphatic carbocycles. The standard InChI is InChI=1S/C13H20N2O2/c1-2-15-13(16)7-9-17-12-5-3-4-11(10-12)6-8-14/h3-5,10H,2,6-9,14H2,1H3,(H,15,16). The number of hydrogen-bond acceptors (Lipinski definition) is 3. The van der Waals surface area contributed by atoms with E-state index in [4.69, 9.17) is 10.5 Å². The lowest BCUT2D eigenvalue weighted by Gasteiger charge is -2.07. The Kier molecular flexibility index (Phi) is 6.10. The van der Waals surface area contributed by atoms with Crippen LogP contribution < -0.4 is 15.8 Å². The van der Waals surface area contributed by atoms with Crippen LogP contribution >= 0.6 is 0 Å². The molecule has 0 aromatic heterocycles. The highest BCUT2D eigenvalue weighted by molar-refractivity contribution is 5.75. The van der Waals surface area contributed by atoms with Gasteiger partial charge >= 0.3 is 0 Å². The minimum Gasteiger partial charge on any atom is -0.493 e. The first-order chi connectivity index (χ1) is 8.26. The first-order valence-electron chi connectivity index (χ1n) is 5.94. The molecule has 1 amide bonds. The van der Waals surface area contributed by atoms with Crippen LogP contribution in [0.1, 0.15) is 18.9 Å². The average molecular weight is 236 g/mol. The predicted molar refractivity (Wildman–Crippen MR) is 68.0 cm³/mol. The summed E-state index contributed by atoms with van der Waals surface area (Å²) in [7, 11) is 0. The third-order valence-electron chi connectivity index (χ3n) is 2.30. The van der Waals surface area contributed by atoms with Crippen molar-refractivity contribution >= 4 is 5.91 Å². The minimum absolute atomic E-state index is 0.0191. The van der Waals surface area contributed by atoms with Crippen LogP contribution in [0.4, 0.5) is 0 Å². The normalized spacial score (nSPS) is 10.0. The van der Waals surface area contributed by atoms with Crippen LogP contribution in [0.3, 0.4) is 0 Å². The number of hydrogen-bond donors (Lipinski definition) is 2. The Hall–Kier alpha value is -1.55. The molecule has 0 spiro atoms. The second-order valence-electron chi connectivity index (χ2n) is 3.74. The van der Waals surface area contributed by atoms with Crippen LogP contribution in [0.5, 0.6) is 5.75 Å². The summed E-state index contributed by atoms with van der Waals surface area (Å²) in [6.45, 7) is 3.58. The topological polar surface area (TPSA) is 64.3 Å². The lowest BCUT2D eigenvalue weighted by atomic mass is 10.1. The monoisotopic (exact) mass is 236 g/mol. The van der Waals surface area contributed by atoms with E-state index in [0.717, 1.165) is 17.7 Å². The van der Waals surface area contributed by atoms with Crippen LogP contribution in [-0.2, 0) is 11.2 Å². The van der Waals surface area contributed by atoms with E-state index < -0.39 is 0 Å². The Morgan fingerprint density at radius 3 is 3.00 bits per heavy atom. The Morgan fingerprint density at radius 1 is 1.47 bits per heavy atom. The fraction of sp³-hybridized carbons (Fsp3) is 0.462. The van der Waals surface area contributed by atoms with Gasteiger partial charge in [0.2, 0.25) is 5.91 Å². The van der Waals surface area contributed by atoms with Gasteiger partial charge in [0.15, 0.2) is 0 Å². The van der Waals surface area contributed by atoms with E-state index in [1.54, 1.807) is 0 Å². The zero-order valence-corrected chi connectivity index (χ0v) is 10.2. The molecule has 0 radical (unpaired) electrons. The van der Waals surface area contributed by atoms with Crippen LogP contribution in [0.15, 0.2) is 24.3 Å². The number of ether oxygens (including phenoxy) is 1. The van der Waals surface area contributed by atoms with E-state index >= 15 is 0 Å². The van der Waals surface area contributed by atoms with E-state index in [9.17, 15) is 4.79 Å². The maximum atomic E-state index is 11.2. The number of rotatable bonds is 7. The Labute approximate surface area is 102 Å². The molecule has 0 fully saturated rings.